The van der Waals surface area contributed by atoms with Gasteiger partial charge in [-0.3, -0.25) is 15.1 Å². The van der Waals surface area contributed by atoms with E-state index < -0.39 is 0 Å². The molecule has 2 unspecified atom stereocenters. The normalized spacial score (nSPS) is 27.2. The highest BCUT2D eigenvalue weighted by Crippen LogP contribution is 2.37. The average molecular weight is 263 g/mol. The van der Waals surface area contributed by atoms with Gasteiger partial charge >= 0.3 is 0 Å². The summed E-state index contributed by atoms with van der Waals surface area (Å²) in [6.07, 6.45) is 8.18. The minimum atomic E-state index is -0.275. The summed E-state index contributed by atoms with van der Waals surface area (Å²) in [6, 6.07) is 2.36. The van der Waals surface area contributed by atoms with Gasteiger partial charge in [0.15, 0.2) is 0 Å². The van der Waals surface area contributed by atoms with Gasteiger partial charge in [-0.2, -0.15) is 0 Å². The summed E-state index contributed by atoms with van der Waals surface area (Å²) in [6.45, 7) is 1.83. The van der Waals surface area contributed by atoms with E-state index in [2.05, 4.69) is 10.3 Å². The predicted molar refractivity (Wildman–Crippen MR) is 71.1 cm³/mol. The first kappa shape index (κ1) is 12.7. The first-order valence-corrected chi connectivity index (χ1v) is 7.11. The van der Waals surface area contributed by atoms with Crippen LogP contribution in [0.5, 0.6) is 0 Å². The number of fused-ring (bicyclic) bond motifs is 1. The van der Waals surface area contributed by atoms with Crippen molar-refractivity contribution in [3.05, 3.63) is 23.7 Å². The molecular formula is C14H21N3O2. The number of carbonyl (C=O) groups excluding carboxylic acids is 1. The molecule has 2 aliphatic rings. The second-order valence-corrected chi connectivity index (χ2v) is 5.60. The van der Waals surface area contributed by atoms with Crippen LogP contribution in [-0.2, 0) is 6.54 Å². The van der Waals surface area contributed by atoms with Crippen molar-refractivity contribution in [2.24, 2.45) is 11.8 Å². The second-order valence-electron chi connectivity index (χ2n) is 5.60. The van der Waals surface area contributed by atoms with E-state index in [1.165, 1.54) is 32.1 Å². The van der Waals surface area contributed by atoms with Crippen molar-refractivity contribution in [2.75, 3.05) is 6.54 Å². The maximum atomic E-state index is 11.6. The first-order valence-electron chi connectivity index (χ1n) is 7.11. The molecule has 3 N–H and O–H groups in total. The zero-order chi connectivity index (χ0) is 13.2. The molecule has 1 aliphatic heterocycles. The minimum absolute atomic E-state index is 0.275. The van der Waals surface area contributed by atoms with E-state index in [1.807, 2.05) is 0 Å². The van der Waals surface area contributed by atoms with Crippen LogP contribution in [0, 0.1) is 5.92 Å². The van der Waals surface area contributed by atoms with Gasteiger partial charge < -0.3 is 4.42 Å². The molecule has 0 bridgehead atoms. The summed E-state index contributed by atoms with van der Waals surface area (Å²) in [5, 5.41) is 0. The number of nitrogens with one attached hydrogen (secondary N) is 1. The largest absolute Gasteiger partial charge is 0.467 e. The lowest BCUT2D eigenvalue weighted by molar-refractivity contribution is 0.0948. The molecule has 5 heteroatoms. The molecule has 2 atom stereocenters. The summed E-state index contributed by atoms with van der Waals surface area (Å²) < 4.78 is 5.47. The van der Waals surface area contributed by atoms with Crippen LogP contribution in [0.15, 0.2) is 16.7 Å². The fourth-order valence-corrected chi connectivity index (χ4v) is 3.63. The molecule has 104 valence electrons. The zero-order valence-corrected chi connectivity index (χ0v) is 11.1. The summed E-state index contributed by atoms with van der Waals surface area (Å²) >= 11 is 0. The van der Waals surface area contributed by atoms with Gasteiger partial charge in [0, 0.05) is 6.04 Å². The lowest BCUT2D eigenvalue weighted by Crippen LogP contribution is -2.35. The van der Waals surface area contributed by atoms with Crippen LogP contribution in [0.1, 0.15) is 48.2 Å². The first-order chi connectivity index (χ1) is 9.29. The smallest absolute Gasteiger partial charge is 0.268 e. The summed E-state index contributed by atoms with van der Waals surface area (Å²) in [7, 11) is 0. The molecule has 2 heterocycles. The Balaban J connectivity index is 1.71. The van der Waals surface area contributed by atoms with Crippen LogP contribution < -0.4 is 11.3 Å². The number of hydrogen-bond acceptors (Lipinski definition) is 4. The maximum absolute atomic E-state index is 11.6. The standard InChI is InChI=1S/C14H21N3O2/c15-16-14(18)11-6-8-19-13(11)9-17-7-5-10-3-1-2-4-12(10)17/h6,8,10,12H,1-5,7,9,15H2,(H,16,18). The number of nitrogens with zero attached hydrogens (tertiary/aromatic N) is 1. The highest BCUT2D eigenvalue weighted by Gasteiger charge is 2.36. The summed E-state index contributed by atoms with van der Waals surface area (Å²) in [5.41, 5.74) is 2.73. The maximum Gasteiger partial charge on any atom is 0.268 e. The molecule has 3 rings (SSSR count). The third-order valence-electron chi connectivity index (χ3n) is 4.59. The molecule has 5 nitrogen and oxygen atoms in total. The summed E-state index contributed by atoms with van der Waals surface area (Å²) in [5.74, 6) is 6.49. The SMILES string of the molecule is NNC(=O)c1ccoc1CN1CCC2CCCCC21. The van der Waals surface area contributed by atoms with Gasteiger partial charge in [-0.15, -0.1) is 0 Å². The third-order valence-corrected chi connectivity index (χ3v) is 4.59. The fraction of sp³-hybridized carbons (Fsp3) is 0.643. The highest BCUT2D eigenvalue weighted by molar-refractivity contribution is 5.94. The molecule has 1 aromatic heterocycles. The molecule has 19 heavy (non-hydrogen) atoms. The van der Waals surface area contributed by atoms with Crippen LogP contribution in [0.4, 0.5) is 0 Å². The zero-order valence-electron chi connectivity index (χ0n) is 11.1. The van der Waals surface area contributed by atoms with Crippen LogP contribution in [0.3, 0.4) is 0 Å². The average Bonchev–Trinajstić information content (AvgIpc) is 3.06. The quantitative estimate of drug-likeness (QED) is 0.494. The monoisotopic (exact) mass is 263 g/mol. The number of rotatable bonds is 3. The van der Waals surface area contributed by atoms with Crippen molar-refractivity contribution < 1.29 is 9.21 Å². The van der Waals surface area contributed by atoms with Gasteiger partial charge in [-0.05, 0) is 37.8 Å². The molecular weight excluding hydrogens is 242 g/mol. The number of nitrogen functional groups attached to an aromatic ring is 1. The summed E-state index contributed by atoms with van der Waals surface area (Å²) in [4.78, 5) is 14.1. The minimum Gasteiger partial charge on any atom is -0.467 e. The van der Waals surface area contributed by atoms with E-state index in [0.29, 0.717) is 11.6 Å². The van der Waals surface area contributed by atoms with Gasteiger partial charge in [0.1, 0.15) is 5.76 Å². The number of hydrazine groups is 1. The Bertz CT molecular complexity index is 457. The molecule has 0 aromatic carbocycles. The van der Waals surface area contributed by atoms with Crippen molar-refractivity contribution >= 4 is 5.91 Å². The van der Waals surface area contributed by atoms with E-state index in [0.717, 1.165) is 24.8 Å². The molecule has 1 saturated heterocycles. The topological polar surface area (TPSA) is 71.5 Å². The van der Waals surface area contributed by atoms with E-state index in [4.69, 9.17) is 10.3 Å². The van der Waals surface area contributed by atoms with E-state index >= 15 is 0 Å². The Labute approximate surface area is 113 Å². The number of carbonyl (C=O) groups is 1. The van der Waals surface area contributed by atoms with Crippen molar-refractivity contribution in [1.82, 2.24) is 10.3 Å². The van der Waals surface area contributed by atoms with Crippen molar-refractivity contribution in [2.45, 2.75) is 44.7 Å². The van der Waals surface area contributed by atoms with Gasteiger partial charge in [-0.1, -0.05) is 12.8 Å². The second kappa shape index (κ2) is 5.35. The molecule has 0 radical (unpaired) electrons. The predicted octanol–water partition coefficient (Wildman–Crippen LogP) is 1.65. The molecule has 1 saturated carbocycles. The number of likely N-dealkylation sites (tertiary alicyclic amines) is 1. The lowest BCUT2D eigenvalue weighted by atomic mass is 9.85. The van der Waals surface area contributed by atoms with E-state index in [1.54, 1.807) is 12.3 Å². The third kappa shape index (κ3) is 2.40. The van der Waals surface area contributed by atoms with Crippen LogP contribution in [0.2, 0.25) is 0 Å². The van der Waals surface area contributed by atoms with Gasteiger partial charge in [0.05, 0.1) is 18.4 Å². The van der Waals surface area contributed by atoms with Gasteiger partial charge in [0.2, 0.25) is 0 Å². The van der Waals surface area contributed by atoms with Crippen molar-refractivity contribution in [3.8, 4) is 0 Å². The van der Waals surface area contributed by atoms with Crippen LogP contribution in [-0.4, -0.2) is 23.4 Å². The Hall–Kier alpha value is -1.33. The molecule has 1 aliphatic carbocycles. The van der Waals surface area contributed by atoms with Crippen molar-refractivity contribution in [1.29, 1.82) is 0 Å². The number of hydrogen-bond donors (Lipinski definition) is 2. The Morgan fingerprint density at radius 2 is 2.26 bits per heavy atom. The van der Waals surface area contributed by atoms with Crippen molar-refractivity contribution in [3.63, 3.8) is 0 Å². The number of amides is 1. The molecule has 1 aromatic rings. The van der Waals surface area contributed by atoms with Gasteiger partial charge in [-0.25, -0.2) is 5.84 Å². The number of furan rings is 1. The Kier molecular flexibility index (Phi) is 3.57. The lowest BCUT2D eigenvalue weighted by Gasteiger charge is -2.31. The highest BCUT2D eigenvalue weighted by atomic mass is 16.3. The van der Waals surface area contributed by atoms with E-state index in [-0.39, 0.29) is 5.91 Å². The van der Waals surface area contributed by atoms with E-state index in [9.17, 15) is 4.79 Å². The fourth-order valence-electron chi connectivity index (χ4n) is 3.63. The molecule has 2 fully saturated rings. The molecule has 0 spiro atoms. The van der Waals surface area contributed by atoms with Crippen LogP contribution in [0.25, 0.3) is 0 Å². The number of nitrogens with two attached hydrogens (primary N) is 1. The Morgan fingerprint density at radius 1 is 1.42 bits per heavy atom. The Morgan fingerprint density at radius 3 is 3.11 bits per heavy atom. The molecule has 1 amide bonds. The van der Waals surface area contributed by atoms with Crippen LogP contribution >= 0.6 is 0 Å². The van der Waals surface area contributed by atoms with Gasteiger partial charge in [0.25, 0.3) is 5.91 Å².